The van der Waals surface area contributed by atoms with Crippen molar-refractivity contribution in [2.24, 2.45) is 0 Å². The van der Waals surface area contributed by atoms with Crippen LogP contribution in [0, 0.1) is 0 Å². The van der Waals surface area contributed by atoms with Gasteiger partial charge in [-0.05, 0) is 62.6 Å². The quantitative estimate of drug-likeness (QED) is 0.809. The Balaban J connectivity index is 3.45. The molecule has 0 amide bonds. The van der Waals surface area contributed by atoms with Gasteiger partial charge < -0.3 is 19.7 Å². The van der Waals surface area contributed by atoms with Crippen molar-refractivity contribution < 1.29 is 9.47 Å². The molecule has 2 unspecified atom stereocenters. The summed E-state index contributed by atoms with van der Waals surface area (Å²) in [5.74, 6) is 1.59. The first-order chi connectivity index (χ1) is 9.87. The van der Waals surface area contributed by atoms with Crippen LogP contribution in [0.5, 0.6) is 11.5 Å². The van der Waals surface area contributed by atoms with E-state index in [1.807, 2.05) is 13.1 Å². The molecule has 2 atom stereocenters. The number of nitrogens with zero attached hydrogens (tertiary/aromatic N) is 1. The van der Waals surface area contributed by atoms with Crippen molar-refractivity contribution in [3.05, 3.63) is 22.2 Å². The lowest BCUT2D eigenvalue weighted by molar-refractivity contribution is 0.115. The number of benzene rings is 1. The predicted octanol–water partition coefficient (Wildman–Crippen LogP) is 3.46. The van der Waals surface area contributed by atoms with Crippen LogP contribution in [0.4, 0.5) is 0 Å². The lowest BCUT2D eigenvalue weighted by Gasteiger charge is -2.43. The van der Waals surface area contributed by atoms with Gasteiger partial charge in [0.15, 0.2) is 0 Å². The zero-order chi connectivity index (χ0) is 16.2. The van der Waals surface area contributed by atoms with Crippen LogP contribution in [-0.4, -0.2) is 45.8 Å². The molecule has 0 saturated heterocycles. The van der Waals surface area contributed by atoms with E-state index in [0.29, 0.717) is 0 Å². The molecule has 1 N–H and O–H groups in total. The maximum Gasteiger partial charge on any atom is 0.141 e. The number of halogens is 1. The van der Waals surface area contributed by atoms with Crippen LogP contribution in [0.3, 0.4) is 0 Å². The fourth-order valence-electron chi connectivity index (χ4n) is 2.73. The zero-order valence-corrected chi connectivity index (χ0v) is 15.7. The molecule has 0 aliphatic rings. The molecular weight excluding hydrogens is 332 g/mol. The van der Waals surface area contributed by atoms with Gasteiger partial charge in [0.05, 0.1) is 20.3 Å². The van der Waals surface area contributed by atoms with E-state index < -0.39 is 0 Å². The smallest absolute Gasteiger partial charge is 0.141 e. The van der Waals surface area contributed by atoms with Gasteiger partial charge in [0.2, 0.25) is 0 Å². The lowest BCUT2D eigenvalue weighted by atomic mass is 9.83. The van der Waals surface area contributed by atoms with Gasteiger partial charge in [0.25, 0.3) is 0 Å². The van der Waals surface area contributed by atoms with E-state index in [1.165, 1.54) is 0 Å². The highest BCUT2D eigenvalue weighted by Gasteiger charge is 2.37. The molecule has 0 spiro atoms. The number of methoxy groups -OCH3 is 2. The first-order valence-corrected chi connectivity index (χ1v) is 7.91. The van der Waals surface area contributed by atoms with Gasteiger partial charge >= 0.3 is 0 Å². The van der Waals surface area contributed by atoms with E-state index in [9.17, 15) is 0 Å². The van der Waals surface area contributed by atoms with E-state index in [2.05, 4.69) is 60.2 Å². The maximum atomic E-state index is 5.64. The molecule has 0 radical (unpaired) electrons. The fraction of sp³-hybridized carbons (Fsp3) is 0.625. The van der Waals surface area contributed by atoms with Crippen molar-refractivity contribution in [2.45, 2.75) is 31.8 Å². The fourth-order valence-corrected chi connectivity index (χ4v) is 3.41. The molecule has 0 aliphatic heterocycles. The Kier molecular flexibility index (Phi) is 6.50. The molecule has 4 nitrogen and oxygen atoms in total. The molecule has 1 aromatic rings. The van der Waals surface area contributed by atoms with Gasteiger partial charge in [-0.2, -0.15) is 0 Å². The molecule has 5 heteroatoms. The van der Waals surface area contributed by atoms with Crippen molar-refractivity contribution in [3.8, 4) is 11.5 Å². The summed E-state index contributed by atoms with van der Waals surface area (Å²) in [5.41, 5.74) is 1.08. The summed E-state index contributed by atoms with van der Waals surface area (Å²) in [6.07, 6.45) is 1.01. The number of hydrogen-bond donors (Lipinski definition) is 1. The van der Waals surface area contributed by atoms with Gasteiger partial charge in [-0.25, -0.2) is 0 Å². The molecular formula is C16H27BrN2O2. The average molecular weight is 359 g/mol. The van der Waals surface area contributed by atoms with Crippen LogP contribution in [0.15, 0.2) is 16.6 Å². The highest BCUT2D eigenvalue weighted by atomic mass is 79.9. The van der Waals surface area contributed by atoms with E-state index in [0.717, 1.165) is 28.0 Å². The molecule has 0 saturated carbocycles. The third-order valence-corrected chi connectivity index (χ3v) is 5.23. The third kappa shape index (κ3) is 3.35. The second-order valence-corrected chi connectivity index (χ2v) is 6.32. The van der Waals surface area contributed by atoms with Gasteiger partial charge in [-0.15, -0.1) is 0 Å². The van der Waals surface area contributed by atoms with Crippen LogP contribution < -0.4 is 14.8 Å². The lowest BCUT2D eigenvalue weighted by Crippen LogP contribution is -2.50. The Morgan fingerprint density at radius 1 is 1.29 bits per heavy atom. The number of nitrogens with one attached hydrogen (secondary N) is 1. The Morgan fingerprint density at radius 2 is 1.90 bits per heavy atom. The number of ether oxygens (including phenoxy) is 2. The number of likely N-dealkylation sites (N-methyl/N-ethyl adjacent to an activating group) is 2. The minimum atomic E-state index is -0.0317. The monoisotopic (exact) mass is 358 g/mol. The maximum absolute atomic E-state index is 5.64. The highest BCUT2D eigenvalue weighted by molar-refractivity contribution is 9.10. The van der Waals surface area contributed by atoms with Crippen LogP contribution in [0.1, 0.15) is 31.9 Å². The summed E-state index contributed by atoms with van der Waals surface area (Å²) in [5, 5.41) is 3.45. The summed E-state index contributed by atoms with van der Waals surface area (Å²) in [6, 6.07) is 4.17. The Hall–Kier alpha value is -0.780. The summed E-state index contributed by atoms with van der Waals surface area (Å²) in [4.78, 5) is 2.26. The van der Waals surface area contributed by atoms with Crippen molar-refractivity contribution in [2.75, 3.05) is 35.4 Å². The molecule has 120 valence electrons. The summed E-state index contributed by atoms with van der Waals surface area (Å²) in [7, 11) is 9.55. The van der Waals surface area contributed by atoms with Crippen molar-refractivity contribution in [3.63, 3.8) is 0 Å². The first-order valence-electron chi connectivity index (χ1n) is 7.12. The summed E-state index contributed by atoms with van der Waals surface area (Å²) < 4.78 is 11.8. The van der Waals surface area contributed by atoms with E-state index in [1.54, 1.807) is 14.2 Å². The van der Waals surface area contributed by atoms with Gasteiger partial charge in [-0.1, -0.05) is 6.92 Å². The Labute approximate surface area is 136 Å². The zero-order valence-electron chi connectivity index (χ0n) is 14.1. The number of hydrogen-bond acceptors (Lipinski definition) is 4. The minimum Gasteiger partial charge on any atom is -0.495 e. The Bertz CT molecular complexity index is 480. The van der Waals surface area contributed by atoms with Crippen LogP contribution in [0.2, 0.25) is 0 Å². The third-order valence-electron chi connectivity index (χ3n) is 4.48. The molecule has 0 bridgehead atoms. The highest BCUT2D eigenvalue weighted by Crippen LogP contribution is 2.43. The topological polar surface area (TPSA) is 33.7 Å². The molecule has 1 rings (SSSR count). The average Bonchev–Trinajstić information content (AvgIpc) is 2.47. The second kappa shape index (κ2) is 7.47. The standard InChI is InChI=1S/C16H27BrN2O2/c1-8-16(2,19(4)5)15(18-3)11-9-10-12(20-6)13(17)14(11)21-7/h9-10,15,18H,8H2,1-7H3. The van der Waals surface area contributed by atoms with Crippen LogP contribution in [-0.2, 0) is 0 Å². The second-order valence-electron chi connectivity index (χ2n) is 5.53. The summed E-state index contributed by atoms with van der Waals surface area (Å²) >= 11 is 3.58. The van der Waals surface area contributed by atoms with Crippen LogP contribution >= 0.6 is 15.9 Å². The molecule has 0 aromatic heterocycles. The first kappa shape index (κ1) is 18.3. The van der Waals surface area contributed by atoms with Crippen molar-refractivity contribution in [1.82, 2.24) is 10.2 Å². The Morgan fingerprint density at radius 3 is 2.29 bits per heavy atom. The van der Waals surface area contributed by atoms with Crippen molar-refractivity contribution >= 4 is 15.9 Å². The molecule has 1 aromatic carbocycles. The van der Waals surface area contributed by atoms with E-state index >= 15 is 0 Å². The van der Waals surface area contributed by atoms with E-state index in [-0.39, 0.29) is 11.6 Å². The molecule has 0 heterocycles. The van der Waals surface area contributed by atoms with Gasteiger partial charge in [0.1, 0.15) is 16.0 Å². The minimum absolute atomic E-state index is 0.0317. The normalized spacial score (nSPS) is 15.7. The summed E-state index contributed by atoms with van der Waals surface area (Å²) in [6.45, 7) is 4.46. The predicted molar refractivity (Wildman–Crippen MR) is 91.4 cm³/mol. The molecule has 0 aliphatic carbocycles. The molecule has 21 heavy (non-hydrogen) atoms. The largest absolute Gasteiger partial charge is 0.495 e. The van der Waals surface area contributed by atoms with E-state index in [4.69, 9.17) is 9.47 Å². The molecule has 0 fully saturated rings. The van der Waals surface area contributed by atoms with Gasteiger partial charge in [-0.3, -0.25) is 0 Å². The SMILES string of the molecule is CCC(C)(C(NC)c1ccc(OC)c(Br)c1OC)N(C)C. The van der Waals surface area contributed by atoms with Gasteiger partial charge in [0, 0.05) is 11.1 Å². The van der Waals surface area contributed by atoms with Crippen LogP contribution in [0.25, 0.3) is 0 Å². The number of rotatable bonds is 7. The van der Waals surface area contributed by atoms with Crippen molar-refractivity contribution in [1.29, 1.82) is 0 Å².